The molecule has 4 N–H and O–H groups in total. The molecule has 1 unspecified atom stereocenters. The Morgan fingerprint density at radius 3 is 2.84 bits per heavy atom. The van der Waals surface area contributed by atoms with Gasteiger partial charge in [-0.3, -0.25) is 9.59 Å². The monoisotopic (exact) mass is 421 g/mol. The van der Waals surface area contributed by atoms with Crippen LogP contribution < -0.4 is 20.5 Å². The number of carbonyl (C=O) groups is 2. The topological polar surface area (TPSA) is 106 Å². The largest absolute Gasteiger partial charge is 0.493 e. The van der Waals surface area contributed by atoms with Gasteiger partial charge in [0.05, 0.1) is 18.2 Å². The lowest BCUT2D eigenvalue weighted by molar-refractivity contribution is -0.119. The third kappa shape index (κ3) is 4.35. The highest BCUT2D eigenvalue weighted by Gasteiger charge is 2.22. The fraction of sp³-hybridized carbons (Fsp3) is 0.333. The predicted octanol–water partition coefficient (Wildman–Crippen LogP) is 3.10. The van der Waals surface area contributed by atoms with Gasteiger partial charge in [-0.25, -0.2) is 0 Å². The maximum absolute atomic E-state index is 13.0. The van der Waals surface area contributed by atoms with Gasteiger partial charge in [-0.2, -0.15) is 0 Å². The van der Waals surface area contributed by atoms with Gasteiger partial charge in [0.15, 0.2) is 18.1 Å². The molecule has 31 heavy (non-hydrogen) atoms. The van der Waals surface area contributed by atoms with Crippen LogP contribution in [0.4, 0.5) is 0 Å². The van der Waals surface area contributed by atoms with Crippen LogP contribution in [0.3, 0.4) is 0 Å². The number of carbonyl (C=O) groups excluding carboxylic acids is 2. The first-order valence-corrected chi connectivity index (χ1v) is 10.4. The summed E-state index contributed by atoms with van der Waals surface area (Å²) >= 11 is 0. The number of aryl methyl sites for hydroxylation is 1. The summed E-state index contributed by atoms with van der Waals surface area (Å²) < 4.78 is 10.7. The number of rotatable bonds is 7. The summed E-state index contributed by atoms with van der Waals surface area (Å²) in [5.41, 5.74) is 10.1. The summed E-state index contributed by atoms with van der Waals surface area (Å²) in [6.45, 7) is 2.38. The number of nitrogens with two attached hydrogens (primary N) is 1. The number of aromatic nitrogens is 1. The van der Waals surface area contributed by atoms with Crippen molar-refractivity contribution < 1.29 is 19.1 Å². The van der Waals surface area contributed by atoms with Crippen molar-refractivity contribution in [2.75, 3.05) is 13.7 Å². The Morgan fingerprint density at radius 2 is 2.06 bits per heavy atom. The van der Waals surface area contributed by atoms with E-state index in [1.165, 1.54) is 24.8 Å². The number of fused-ring (bicyclic) bond motifs is 3. The number of hydrogen-bond acceptors (Lipinski definition) is 4. The highest BCUT2D eigenvalue weighted by Crippen LogP contribution is 2.33. The van der Waals surface area contributed by atoms with Crippen LogP contribution in [-0.4, -0.2) is 30.5 Å². The molecule has 162 valence electrons. The van der Waals surface area contributed by atoms with Crippen molar-refractivity contribution in [3.05, 3.63) is 58.8 Å². The van der Waals surface area contributed by atoms with Crippen LogP contribution in [0, 0.1) is 5.92 Å². The van der Waals surface area contributed by atoms with E-state index in [4.69, 9.17) is 15.2 Å². The number of nitrogens with one attached hydrogen (secondary N) is 2. The first-order chi connectivity index (χ1) is 15.0. The molecule has 0 saturated carbocycles. The quantitative estimate of drug-likeness (QED) is 0.545. The summed E-state index contributed by atoms with van der Waals surface area (Å²) in [7, 11) is 1.52. The SMILES string of the molecule is COc1cc(CNC(=O)c2cccc3c4c([nH]c23)CCC(C)C4)ccc1OCC(N)=O. The molecular formula is C24H27N3O4. The van der Waals surface area contributed by atoms with Gasteiger partial charge in [-0.15, -0.1) is 0 Å². The Hall–Kier alpha value is -3.48. The number of primary amides is 1. The maximum Gasteiger partial charge on any atom is 0.255 e. The summed E-state index contributed by atoms with van der Waals surface area (Å²) in [5, 5.41) is 4.13. The molecule has 0 saturated heterocycles. The molecular weight excluding hydrogens is 394 g/mol. The molecule has 1 aliphatic rings. The van der Waals surface area contributed by atoms with E-state index in [9.17, 15) is 9.59 Å². The summed E-state index contributed by atoms with van der Waals surface area (Å²) in [6.07, 6.45) is 3.24. The van der Waals surface area contributed by atoms with E-state index >= 15 is 0 Å². The van der Waals surface area contributed by atoms with Crippen molar-refractivity contribution in [1.82, 2.24) is 10.3 Å². The highest BCUT2D eigenvalue weighted by molar-refractivity contribution is 6.06. The number of ether oxygens (including phenoxy) is 2. The minimum absolute atomic E-state index is 0.134. The number of aromatic amines is 1. The molecule has 3 aromatic rings. The van der Waals surface area contributed by atoms with Crippen molar-refractivity contribution >= 4 is 22.7 Å². The van der Waals surface area contributed by atoms with Crippen molar-refractivity contribution in [2.45, 2.75) is 32.7 Å². The van der Waals surface area contributed by atoms with E-state index < -0.39 is 5.91 Å². The Bertz CT molecular complexity index is 1140. The Labute approximate surface area is 180 Å². The Balaban J connectivity index is 1.50. The van der Waals surface area contributed by atoms with Gasteiger partial charge in [-0.05, 0) is 54.5 Å². The molecule has 2 aromatic carbocycles. The number of methoxy groups -OCH3 is 1. The average Bonchev–Trinajstić information content (AvgIpc) is 3.14. The van der Waals surface area contributed by atoms with E-state index in [1.54, 1.807) is 12.1 Å². The van der Waals surface area contributed by atoms with Crippen molar-refractivity contribution in [3.63, 3.8) is 0 Å². The molecule has 0 aliphatic heterocycles. The third-order valence-corrected chi connectivity index (χ3v) is 5.77. The van der Waals surface area contributed by atoms with Gasteiger partial charge in [0.25, 0.3) is 11.8 Å². The summed E-state index contributed by atoms with van der Waals surface area (Å²) in [4.78, 5) is 27.4. The van der Waals surface area contributed by atoms with Gasteiger partial charge in [-0.1, -0.05) is 25.1 Å². The standard InChI is InChI=1S/C24H27N3O4/c1-14-6-8-19-18(10-14)16-4-3-5-17(23(16)27-19)24(29)26-12-15-7-9-20(21(11-15)30-2)31-13-22(25)28/h3-5,7,9,11,14,27H,6,8,10,12-13H2,1-2H3,(H2,25,28)(H,26,29). The lowest BCUT2D eigenvalue weighted by atomic mass is 9.87. The lowest BCUT2D eigenvalue weighted by Gasteiger charge is -2.17. The fourth-order valence-corrected chi connectivity index (χ4v) is 4.17. The molecule has 1 atom stereocenters. The second-order valence-corrected chi connectivity index (χ2v) is 8.08. The molecule has 7 heteroatoms. The zero-order chi connectivity index (χ0) is 22.0. The molecule has 2 amide bonds. The summed E-state index contributed by atoms with van der Waals surface area (Å²) in [6, 6.07) is 11.2. The molecule has 7 nitrogen and oxygen atoms in total. The van der Waals surface area contributed by atoms with Crippen LogP contribution in [0.1, 0.15) is 40.5 Å². The molecule has 4 rings (SSSR count). The van der Waals surface area contributed by atoms with Gasteiger partial charge in [0, 0.05) is 17.6 Å². The second-order valence-electron chi connectivity index (χ2n) is 8.08. The van der Waals surface area contributed by atoms with Gasteiger partial charge in [0.2, 0.25) is 0 Å². The van der Waals surface area contributed by atoms with Gasteiger partial charge >= 0.3 is 0 Å². The molecule has 1 aliphatic carbocycles. The zero-order valence-electron chi connectivity index (χ0n) is 17.8. The highest BCUT2D eigenvalue weighted by atomic mass is 16.5. The van der Waals surface area contributed by atoms with Gasteiger partial charge < -0.3 is 25.5 Å². The van der Waals surface area contributed by atoms with Crippen molar-refractivity contribution in [2.24, 2.45) is 11.7 Å². The normalized spacial score (nSPS) is 15.4. The molecule has 0 radical (unpaired) electrons. The second kappa shape index (κ2) is 8.71. The van der Waals surface area contributed by atoms with Crippen molar-refractivity contribution in [3.8, 4) is 11.5 Å². The molecule has 0 spiro atoms. The lowest BCUT2D eigenvalue weighted by Crippen LogP contribution is -2.23. The molecule has 0 bridgehead atoms. The third-order valence-electron chi connectivity index (χ3n) is 5.77. The minimum Gasteiger partial charge on any atom is -0.493 e. The number of para-hydroxylation sites is 1. The van der Waals surface area contributed by atoms with Crippen LogP contribution >= 0.6 is 0 Å². The predicted molar refractivity (Wildman–Crippen MR) is 118 cm³/mol. The number of benzene rings is 2. The first-order valence-electron chi connectivity index (χ1n) is 10.4. The molecule has 1 heterocycles. The smallest absolute Gasteiger partial charge is 0.255 e. The van der Waals surface area contributed by atoms with E-state index in [0.717, 1.165) is 29.3 Å². The number of hydrogen-bond donors (Lipinski definition) is 3. The van der Waals surface area contributed by atoms with Crippen LogP contribution in [0.5, 0.6) is 11.5 Å². The first kappa shape index (κ1) is 20.8. The number of H-pyrrole nitrogens is 1. The Kier molecular flexibility index (Phi) is 5.84. The van der Waals surface area contributed by atoms with Crippen LogP contribution in [0.25, 0.3) is 10.9 Å². The molecule has 0 fully saturated rings. The van der Waals surface area contributed by atoms with E-state index in [2.05, 4.69) is 23.3 Å². The minimum atomic E-state index is -0.562. The number of amides is 2. The van der Waals surface area contributed by atoms with Crippen LogP contribution in [-0.2, 0) is 24.2 Å². The Morgan fingerprint density at radius 1 is 1.23 bits per heavy atom. The van der Waals surface area contributed by atoms with Crippen LogP contribution in [0.15, 0.2) is 36.4 Å². The fourth-order valence-electron chi connectivity index (χ4n) is 4.17. The van der Waals surface area contributed by atoms with E-state index in [-0.39, 0.29) is 12.5 Å². The van der Waals surface area contributed by atoms with Gasteiger partial charge in [0.1, 0.15) is 0 Å². The van der Waals surface area contributed by atoms with Crippen molar-refractivity contribution in [1.29, 1.82) is 0 Å². The average molecular weight is 421 g/mol. The van der Waals surface area contributed by atoms with Crippen LogP contribution in [0.2, 0.25) is 0 Å². The maximum atomic E-state index is 13.0. The summed E-state index contributed by atoms with van der Waals surface area (Å²) in [5.74, 6) is 0.862. The zero-order valence-corrected chi connectivity index (χ0v) is 17.8. The van der Waals surface area contributed by atoms with E-state index in [0.29, 0.717) is 29.5 Å². The van der Waals surface area contributed by atoms with E-state index in [1.807, 2.05) is 18.2 Å². The molecule has 1 aromatic heterocycles.